The zero-order chi connectivity index (χ0) is 14.5. The molecule has 1 N–H and O–H groups in total. The Morgan fingerprint density at radius 2 is 2.20 bits per heavy atom. The average molecular weight is 274 g/mol. The highest BCUT2D eigenvalue weighted by molar-refractivity contribution is 5.89. The second-order valence-corrected chi connectivity index (χ2v) is 4.47. The van der Waals surface area contributed by atoms with E-state index in [0.717, 1.165) is 11.5 Å². The van der Waals surface area contributed by atoms with E-state index in [4.69, 9.17) is 9.15 Å². The van der Waals surface area contributed by atoms with Crippen LogP contribution in [0, 0.1) is 6.92 Å². The first-order valence-electron chi connectivity index (χ1n) is 6.56. The maximum Gasteiger partial charge on any atom is 0.339 e. The van der Waals surface area contributed by atoms with Crippen molar-refractivity contribution in [2.75, 3.05) is 11.9 Å². The van der Waals surface area contributed by atoms with Crippen LogP contribution in [-0.2, 0) is 4.74 Å². The molecular weight excluding hydrogens is 256 g/mol. The maximum atomic E-state index is 11.5. The maximum absolute atomic E-state index is 11.5. The standard InChI is InChI=1S/C15H18N2O3/c1-4-19-15(18)12-6-8-14(16-9-12)17-11(3)13-7-5-10(2)20-13/h5-9,11H,4H2,1-3H3,(H,16,17). The molecule has 0 bridgehead atoms. The van der Waals surface area contributed by atoms with Gasteiger partial charge in [0, 0.05) is 6.20 Å². The van der Waals surface area contributed by atoms with E-state index in [2.05, 4.69) is 10.3 Å². The molecule has 5 heteroatoms. The summed E-state index contributed by atoms with van der Waals surface area (Å²) >= 11 is 0. The molecule has 0 aliphatic carbocycles. The van der Waals surface area contributed by atoms with E-state index in [1.54, 1.807) is 19.1 Å². The van der Waals surface area contributed by atoms with Gasteiger partial charge in [0.2, 0.25) is 0 Å². The summed E-state index contributed by atoms with van der Waals surface area (Å²) in [5, 5.41) is 3.21. The van der Waals surface area contributed by atoms with Crippen molar-refractivity contribution >= 4 is 11.8 Å². The third-order valence-electron chi connectivity index (χ3n) is 2.83. The summed E-state index contributed by atoms with van der Waals surface area (Å²) in [5.74, 6) is 2.04. The van der Waals surface area contributed by atoms with Crippen LogP contribution in [0.25, 0.3) is 0 Å². The van der Waals surface area contributed by atoms with E-state index < -0.39 is 0 Å². The normalized spacial score (nSPS) is 11.9. The Kier molecular flexibility index (Phi) is 4.40. The van der Waals surface area contributed by atoms with Crippen molar-refractivity contribution in [2.24, 2.45) is 0 Å². The van der Waals surface area contributed by atoms with E-state index in [9.17, 15) is 4.79 Å². The fourth-order valence-corrected chi connectivity index (χ4v) is 1.79. The van der Waals surface area contributed by atoms with E-state index in [1.165, 1.54) is 6.20 Å². The number of pyridine rings is 1. The summed E-state index contributed by atoms with van der Waals surface area (Å²) in [4.78, 5) is 15.7. The van der Waals surface area contributed by atoms with Crippen molar-refractivity contribution in [1.29, 1.82) is 0 Å². The van der Waals surface area contributed by atoms with Gasteiger partial charge in [0.15, 0.2) is 0 Å². The van der Waals surface area contributed by atoms with Crippen LogP contribution in [0.15, 0.2) is 34.9 Å². The molecule has 0 radical (unpaired) electrons. The topological polar surface area (TPSA) is 64.4 Å². The lowest BCUT2D eigenvalue weighted by atomic mass is 10.2. The number of hydrogen-bond donors (Lipinski definition) is 1. The Morgan fingerprint density at radius 3 is 2.75 bits per heavy atom. The van der Waals surface area contributed by atoms with Gasteiger partial charge in [-0.2, -0.15) is 0 Å². The lowest BCUT2D eigenvalue weighted by Crippen LogP contribution is -2.09. The minimum Gasteiger partial charge on any atom is -0.464 e. The second kappa shape index (κ2) is 6.23. The quantitative estimate of drug-likeness (QED) is 0.847. The summed E-state index contributed by atoms with van der Waals surface area (Å²) in [6.45, 7) is 6.02. The van der Waals surface area contributed by atoms with Gasteiger partial charge >= 0.3 is 5.97 Å². The van der Waals surface area contributed by atoms with Crippen LogP contribution in [0.1, 0.15) is 41.8 Å². The van der Waals surface area contributed by atoms with Gasteiger partial charge in [-0.1, -0.05) is 0 Å². The molecule has 0 aliphatic rings. The fourth-order valence-electron chi connectivity index (χ4n) is 1.79. The molecule has 2 aromatic rings. The minimum atomic E-state index is -0.360. The molecule has 0 fully saturated rings. The molecule has 0 spiro atoms. The highest BCUT2D eigenvalue weighted by atomic mass is 16.5. The fraction of sp³-hybridized carbons (Fsp3) is 0.333. The van der Waals surface area contributed by atoms with Crippen molar-refractivity contribution in [3.8, 4) is 0 Å². The van der Waals surface area contributed by atoms with Crippen molar-refractivity contribution < 1.29 is 13.9 Å². The monoisotopic (exact) mass is 274 g/mol. The Bertz CT molecular complexity index is 575. The molecule has 0 aliphatic heterocycles. The van der Waals surface area contributed by atoms with Crippen LogP contribution in [-0.4, -0.2) is 17.6 Å². The number of carbonyl (C=O) groups excluding carboxylic acids is 1. The summed E-state index contributed by atoms with van der Waals surface area (Å²) < 4.78 is 10.5. The van der Waals surface area contributed by atoms with Gasteiger partial charge in [-0.3, -0.25) is 0 Å². The van der Waals surface area contributed by atoms with Crippen molar-refractivity contribution in [1.82, 2.24) is 4.98 Å². The second-order valence-electron chi connectivity index (χ2n) is 4.47. The van der Waals surface area contributed by atoms with Gasteiger partial charge < -0.3 is 14.5 Å². The number of rotatable bonds is 5. The van der Waals surface area contributed by atoms with Gasteiger partial charge in [0.25, 0.3) is 0 Å². The number of aryl methyl sites for hydroxylation is 1. The minimum absolute atomic E-state index is 0.00430. The Balaban J connectivity index is 2.01. The first-order chi connectivity index (χ1) is 9.60. The van der Waals surface area contributed by atoms with E-state index >= 15 is 0 Å². The first kappa shape index (κ1) is 14.1. The zero-order valence-electron chi connectivity index (χ0n) is 11.8. The highest BCUT2D eigenvalue weighted by Gasteiger charge is 2.11. The molecule has 1 atom stereocenters. The number of esters is 1. The zero-order valence-corrected chi connectivity index (χ0v) is 11.8. The Hall–Kier alpha value is -2.30. The van der Waals surface area contributed by atoms with Gasteiger partial charge in [0.1, 0.15) is 17.3 Å². The largest absolute Gasteiger partial charge is 0.464 e. The molecule has 20 heavy (non-hydrogen) atoms. The van der Waals surface area contributed by atoms with Gasteiger partial charge in [-0.15, -0.1) is 0 Å². The average Bonchev–Trinajstić information content (AvgIpc) is 2.86. The predicted octanol–water partition coefficient (Wildman–Crippen LogP) is 3.33. The molecule has 5 nitrogen and oxygen atoms in total. The summed E-state index contributed by atoms with van der Waals surface area (Å²) in [7, 11) is 0. The Labute approximate surface area is 118 Å². The van der Waals surface area contributed by atoms with Crippen LogP contribution in [0.2, 0.25) is 0 Å². The predicted molar refractivity (Wildman–Crippen MR) is 75.7 cm³/mol. The third-order valence-corrected chi connectivity index (χ3v) is 2.83. The number of furan rings is 1. The van der Waals surface area contributed by atoms with Gasteiger partial charge in [-0.25, -0.2) is 9.78 Å². The van der Waals surface area contributed by atoms with E-state index in [1.807, 2.05) is 26.0 Å². The number of aromatic nitrogens is 1. The number of carbonyl (C=O) groups is 1. The molecule has 0 saturated heterocycles. The number of anilines is 1. The van der Waals surface area contributed by atoms with Crippen LogP contribution in [0.5, 0.6) is 0 Å². The van der Waals surface area contributed by atoms with Gasteiger partial charge in [-0.05, 0) is 45.0 Å². The molecule has 0 amide bonds. The van der Waals surface area contributed by atoms with Crippen molar-refractivity contribution in [3.63, 3.8) is 0 Å². The molecule has 2 aromatic heterocycles. The lowest BCUT2D eigenvalue weighted by molar-refractivity contribution is 0.0526. The number of hydrogen-bond acceptors (Lipinski definition) is 5. The smallest absolute Gasteiger partial charge is 0.339 e. The molecule has 1 unspecified atom stereocenters. The number of nitrogens with one attached hydrogen (secondary N) is 1. The highest BCUT2D eigenvalue weighted by Crippen LogP contribution is 2.20. The molecule has 2 rings (SSSR count). The van der Waals surface area contributed by atoms with E-state index in [0.29, 0.717) is 18.0 Å². The molecular formula is C15H18N2O3. The SMILES string of the molecule is CCOC(=O)c1ccc(NC(C)c2ccc(C)o2)nc1. The summed E-state index contributed by atoms with van der Waals surface area (Å²) in [5.41, 5.74) is 0.443. The van der Waals surface area contributed by atoms with Crippen molar-refractivity contribution in [2.45, 2.75) is 26.8 Å². The Morgan fingerprint density at radius 1 is 1.40 bits per heavy atom. The molecule has 0 aromatic carbocycles. The molecule has 2 heterocycles. The number of ether oxygens (including phenoxy) is 1. The van der Waals surface area contributed by atoms with Gasteiger partial charge in [0.05, 0.1) is 18.2 Å². The van der Waals surface area contributed by atoms with Crippen LogP contribution in [0.4, 0.5) is 5.82 Å². The van der Waals surface area contributed by atoms with Crippen LogP contribution in [0.3, 0.4) is 0 Å². The van der Waals surface area contributed by atoms with E-state index in [-0.39, 0.29) is 12.0 Å². The first-order valence-corrected chi connectivity index (χ1v) is 6.56. The van der Waals surface area contributed by atoms with Crippen LogP contribution >= 0.6 is 0 Å². The molecule has 106 valence electrons. The summed E-state index contributed by atoms with van der Waals surface area (Å²) in [6.07, 6.45) is 1.50. The van der Waals surface area contributed by atoms with Crippen molar-refractivity contribution in [3.05, 3.63) is 47.5 Å². The van der Waals surface area contributed by atoms with Crippen LogP contribution < -0.4 is 5.32 Å². The third kappa shape index (κ3) is 3.38. The summed E-state index contributed by atoms with van der Waals surface area (Å²) in [6, 6.07) is 7.29. The lowest BCUT2D eigenvalue weighted by Gasteiger charge is -2.12. The molecule has 0 saturated carbocycles. The number of nitrogens with zero attached hydrogens (tertiary/aromatic N) is 1.